The van der Waals surface area contributed by atoms with Gasteiger partial charge in [0.2, 0.25) is 0 Å². The third kappa shape index (κ3) is 1.62. The van der Waals surface area contributed by atoms with E-state index in [0.29, 0.717) is 5.02 Å². The van der Waals surface area contributed by atoms with E-state index in [2.05, 4.69) is 17.7 Å². The van der Waals surface area contributed by atoms with Crippen LogP contribution in [0.5, 0.6) is 0 Å². The van der Waals surface area contributed by atoms with Gasteiger partial charge in [0.15, 0.2) is 0 Å². The number of nitrogens with zero attached hydrogens (tertiary/aromatic N) is 1. The molecule has 0 aliphatic carbocycles. The van der Waals surface area contributed by atoms with Crippen molar-refractivity contribution in [2.24, 2.45) is 0 Å². The molecule has 74 valence electrons. The van der Waals surface area contributed by atoms with Crippen LogP contribution < -0.4 is 0 Å². The molecule has 3 heteroatoms. The van der Waals surface area contributed by atoms with Crippen LogP contribution in [0.4, 0.5) is 0 Å². The molecule has 0 amide bonds. The first-order valence-electron chi connectivity index (χ1n) is 4.66. The summed E-state index contributed by atoms with van der Waals surface area (Å²) in [4.78, 5) is 0. The van der Waals surface area contributed by atoms with E-state index in [1.54, 1.807) is 6.07 Å². The molecule has 1 aromatic heterocycles. The molecule has 0 unspecified atom stereocenters. The van der Waals surface area contributed by atoms with Crippen LogP contribution in [0.15, 0.2) is 24.4 Å². The van der Waals surface area contributed by atoms with Gasteiger partial charge in [-0.05, 0) is 24.6 Å². The minimum atomic E-state index is 0.693. The number of aromatic nitrogens is 1. The summed E-state index contributed by atoms with van der Waals surface area (Å²) in [5.74, 6) is 0. The Morgan fingerprint density at radius 2 is 2.07 bits per heavy atom. The van der Waals surface area contributed by atoms with Gasteiger partial charge < -0.3 is 4.57 Å². The quantitative estimate of drug-likeness (QED) is 0.719. The summed E-state index contributed by atoms with van der Waals surface area (Å²) >= 11 is 12.0. The van der Waals surface area contributed by atoms with E-state index in [1.165, 1.54) is 0 Å². The van der Waals surface area contributed by atoms with Gasteiger partial charge in [-0.1, -0.05) is 30.1 Å². The van der Waals surface area contributed by atoms with Crippen LogP contribution in [0.25, 0.3) is 10.9 Å². The Labute approximate surface area is 93.2 Å². The molecule has 0 aliphatic heterocycles. The first-order valence-corrected chi connectivity index (χ1v) is 5.42. The van der Waals surface area contributed by atoms with Gasteiger partial charge in [-0.2, -0.15) is 0 Å². The maximum atomic E-state index is 6.08. The zero-order chi connectivity index (χ0) is 10.1. The van der Waals surface area contributed by atoms with Gasteiger partial charge in [-0.15, -0.1) is 0 Å². The molecule has 0 N–H and O–H groups in total. The maximum Gasteiger partial charge on any atom is 0.0514 e. The van der Waals surface area contributed by atoms with Crippen LogP contribution in [0.3, 0.4) is 0 Å². The van der Waals surface area contributed by atoms with Crippen molar-refractivity contribution in [1.29, 1.82) is 0 Å². The summed E-state index contributed by atoms with van der Waals surface area (Å²) in [6.45, 7) is 3.15. The molecule has 0 saturated heterocycles. The van der Waals surface area contributed by atoms with Crippen molar-refractivity contribution < 1.29 is 0 Å². The lowest BCUT2D eigenvalue weighted by atomic mass is 10.2. The van der Waals surface area contributed by atoms with Crippen molar-refractivity contribution in [2.45, 2.75) is 19.9 Å². The van der Waals surface area contributed by atoms with Crippen LogP contribution in [-0.4, -0.2) is 4.57 Å². The normalized spacial score (nSPS) is 11.1. The largest absolute Gasteiger partial charge is 0.347 e. The molecule has 0 atom stereocenters. The minimum Gasteiger partial charge on any atom is -0.347 e. The molecule has 0 aliphatic rings. The second-order valence-corrected chi connectivity index (χ2v) is 4.17. The lowest BCUT2D eigenvalue weighted by Crippen LogP contribution is -1.93. The zero-order valence-electron chi connectivity index (χ0n) is 7.93. The summed E-state index contributed by atoms with van der Waals surface area (Å²) in [5.41, 5.74) is 1.12. The molecule has 1 nitrogen and oxygen atoms in total. The topological polar surface area (TPSA) is 4.93 Å². The van der Waals surface area contributed by atoms with Crippen molar-refractivity contribution >= 4 is 34.1 Å². The Balaban J connectivity index is 2.66. The summed E-state index contributed by atoms with van der Waals surface area (Å²) in [5, 5.41) is 2.49. The first-order chi connectivity index (χ1) is 6.72. The van der Waals surface area contributed by atoms with Crippen molar-refractivity contribution in [3.63, 3.8) is 0 Å². The molecular formula is C11H11Cl2N. The zero-order valence-corrected chi connectivity index (χ0v) is 9.44. The van der Waals surface area contributed by atoms with Crippen molar-refractivity contribution in [3.8, 4) is 0 Å². The standard InChI is InChI=1S/C11H11Cl2N/c1-2-4-14-5-3-9-10(13)6-8(12)7-11(9)14/h3,5-7H,2,4H2,1H3. The molecule has 0 radical (unpaired) electrons. The summed E-state index contributed by atoms with van der Waals surface area (Å²) < 4.78 is 2.17. The van der Waals surface area contributed by atoms with Gasteiger partial charge in [-0.25, -0.2) is 0 Å². The van der Waals surface area contributed by atoms with Gasteiger partial charge in [0.05, 0.1) is 10.5 Å². The lowest BCUT2D eigenvalue weighted by molar-refractivity contribution is 0.703. The van der Waals surface area contributed by atoms with E-state index < -0.39 is 0 Å². The molecule has 1 heterocycles. The predicted octanol–water partition coefficient (Wildman–Crippen LogP) is 4.36. The summed E-state index contributed by atoms with van der Waals surface area (Å²) in [6.07, 6.45) is 3.16. The molecule has 1 aromatic carbocycles. The van der Waals surface area contributed by atoms with Gasteiger partial charge in [0.25, 0.3) is 0 Å². The Bertz CT molecular complexity index is 460. The van der Waals surface area contributed by atoms with Gasteiger partial charge in [0, 0.05) is 23.2 Å². The van der Waals surface area contributed by atoms with E-state index >= 15 is 0 Å². The molecular weight excluding hydrogens is 217 g/mol. The third-order valence-corrected chi connectivity index (χ3v) is 2.80. The second-order valence-electron chi connectivity index (χ2n) is 3.33. The Morgan fingerprint density at radius 3 is 2.79 bits per heavy atom. The van der Waals surface area contributed by atoms with E-state index in [0.717, 1.165) is 28.9 Å². The lowest BCUT2D eigenvalue weighted by Gasteiger charge is -2.03. The van der Waals surface area contributed by atoms with Gasteiger partial charge in [0.1, 0.15) is 0 Å². The number of fused-ring (bicyclic) bond motifs is 1. The monoisotopic (exact) mass is 227 g/mol. The first kappa shape index (κ1) is 9.88. The van der Waals surface area contributed by atoms with Gasteiger partial charge >= 0.3 is 0 Å². The molecule has 0 saturated carbocycles. The Hall–Kier alpha value is -0.660. The summed E-state index contributed by atoms with van der Waals surface area (Å²) in [7, 11) is 0. The number of hydrogen-bond donors (Lipinski definition) is 0. The summed E-state index contributed by atoms with van der Waals surface area (Å²) in [6, 6.07) is 5.77. The molecule has 2 rings (SSSR count). The fourth-order valence-electron chi connectivity index (χ4n) is 1.65. The third-order valence-electron chi connectivity index (χ3n) is 2.27. The highest BCUT2D eigenvalue weighted by Crippen LogP contribution is 2.28. The molecule has 0 fully saturated rings. The fourth-order valence-corrected chi connectivity index (χ4v) is 2.20. The number of rotatable bonds is 2. The number of hydrogen-bond acceptors (Lipinski definition) is 0. The van der Waals surface area contributed by atoms with E-state index in [1.807, 2.05) is 12.1 Å². The smallest absolute Gasteiger partial charge is 0.0514 e. The Morgan fingerprint density at radius 1 is 1.29 bits per heavy atom. The molecule has 14 heavy (non-hydrogen) atoms. The highest BCUT2D eigenvalue weighted by molar-refractivity contribution is 6.38. The minimum absolute atomic E-state index is 0.693. The Kier molecular flexibility index (Phi) is 2.71. The van der Waals surface area contributed by atoms with Crippen molar-refractivity contribution in [1.82, 2.24) is 4.57 Å². The molecule has 0 spiro atoms. The van der Waals surface area contributed by atoms with Gasteiger partial charge in [-0.3, -0.25) is 0 Å². The van der Waals surface area contributed by atoms with Crippen LogP contribution in [-0.2, 0) is 6.54 Å². The van der Waals surface area contributed by atoms with Crippen LogP contribution in [0.1, 0.15) is 13.3 Å². The average molecular weight is 228 g/mol. The molecule has 2 aromatic rings. The van der Waals surface area contributed by atoms with Crippen molar-refractivity contribution in [3.05, 3.63) is 34.4 Å². The maximum absolute atomic E-state index is 6.08. The fraction of sp³-hybridized carbons (Fsp3) is 0.273. The van der Waals surface area contributed by atoms with E-state index in [9.17, 15) is 0 Å². The SMILES string of the molecule is CCCn1ccc2c(Cl)cc(Cl)cc21. The van der Waals surface area contributed by atoms with Crippen molar-refractivity contribution in [2.75, 3.05) is 0 Å². The molecule has 0 bridgehead atoms. The number of aryl methyl sites for hydroxylation is 1. The number of halogens is 2. The highest BCUT2D eigenvalue weighted by Gasteiger charge is 2.05. The average Bonchev–Trinajstić information content (AvgIpc) is 2.49. The van der Waals surface area contributed by atoms with E-state index in [4.69, 9.17) is 23.2 Å². The highest BCUT2D eigenvalue weighted by atomic mass is 35.5. The van der Waals surface area contributed by atoms with Crippen LogP contribution in [0, 0.1) is 0 Å². The predicted molar refractivity (Wildman–Crippen MR) is 62.2 cm³/mol. The van der Waals surface area contributed by atoms with Crippen LogP contribution >= 0.6 is 23.2 Å². The van der Waals surface area contributed by atoms with E-state index in [-0.39, 0.29) is 0 Å². The second kappa shape index (κ2) is 3.84. The number of benzene rings is 1. The van der Waals surface area contributed by atoms with Crippen LogP contribution in [0.2, 0.25) is 10.0 Å².